The maximum Gasteiger partial charge on any atom is 0.257 e. The summed E-state index contributed by atoms with van der Waals surface area (Å²) >= 11 is 0. The lowest BCUT2D eigenvalue weighted by atomic mass is 10.2. The molecule has 0 radical (unpaired) electrons. The molecule has 3 rings (SSSR count). The fraction of sp³-hybridized carbons (Fsp3) is 0.375. The van der Waals surface area contributed by atoms with Crippen LogP contribution in [0.25, 0.3) is 0 Å². The largest absolute Gasteiger partial charge is 0.336 e. The molecule has 0 saturated carbocycles. The SMILES string of the molecule is Cn1cc(C(=O)N2CCN(Cc3ccccc3F)CC2)cn1. The first kappa shape index (κ1) is 14.7. The molecule has 2 aromatic rings. The highest BCUT2D eigenvalue weighted by atomic mass is 19.1. The van der Waals surface area contributed by atoms with Crippen molar-refractivity contribution >= 4 is 5.91 Å². The molecule has 0 atom stereocenters. The molecule has 6 heteroatoms. The minimum absolute atomic E-state index is 0.0126. The molecule has 1 saturated heterocycles. The molecule has 22 heavy (non-hydrogen) atoms. The fourth-order valence-electron chi connectivity index (χ4n) is 2.69. The normalized spacial score (nSPS) is 16.0. The van der Waals surface area contributed by atoms with E-state index in [-0.39, 0.29) is 11.7 Å². The summed E-state index contributed by atoms with van der Waals surface area (Å²) in [5.41, 5.74) is 1.32. The van der Waals surface area contributed by atoms with E-state index < -0.39 is 0 Å². The smallest absolute Gasteiger partial charge is 0.257 e. The summed E-state index contributed by atoms with van der Waals surface area (Å²) in [7, 11) is 1.79. The minimum Gasteiger partial charge on any atom is -0.336 e. The van der Waals surface area contributed by atoms with Gasteiger partial charge in [-0.1, -0.05) is 18.2 Å². The van der Waals surface area contributed by atoms with E-state index in [2.05, 4.69) is 10.00 Å². The standard InChI is InChI=1S/C16H19FN4O/c1-19-11-14(10-18-19)16(22)21-8-6-20(7-9-21)12-13-4-2-3-5-15(13)17/h2-5,10-11H,6-9,12H2,1H3. The van der Waals surface area contributed by atoms with Crippen LogP contribution in [0.2, 0.25) is 0 Å². The van der Waals surface area contributed by atoms with E-state index >= 15 is 0 Å². The number of aromatic nitrogens is 2. The summed E-state index contributed by atoms with van der Waals surface area (Å²) in [6.07, 6.45) is 3.32. The Labute approximate surface area is 128 Å². The highest BCUT2D eigenvalue weighted by Gasteiger charge is 2.23. The van der Waals surface area contributed by atoms with Crippen molar-refractivity contribution in [2.45, 2.75) is 6.54 Å². The van der Waals surface area contributed by atoms with Crippen LogP contribution in [0.15, 0.2) is 36.7 Å². The van der Waals surface area contributed by atoms with Crippen LogP contribution < -0.4 is 0 Å². The molecule has 1 aromatic heterocycles. The van der Waals surface area contributed by atoms with E-state index in [1.165, 1.54) is 6.07 Å². The third-order valence-electron chi connectivity index (χ3n) is 3.96. The summed E-state index contributed by atoms with van der Waals surface area (Å²) in [5, 5.41) is 4.03. The Hall–Kier alpha value is -2.21. The number of hydrogen-bond acceptors (Lipinski definition) is 3. The zero-order valence-electron chi connectivity index (χ0n) is 12.6. The van der Waals surface area contributed by atoms with Gasteiger partial charge in [-0.05, 0) is 6.07 Å². The predicted molar refractivity (Wildman–Crippen MR) is 80.8 cm³/mol. The Bertz CT molecular complexity index is 662. The topological polar surface area (TPSA) is 41.4 Å². The van der Waals surface area contributed by atoms with Gasteiger partial charge in [0, 0.05) is 51.5 Å². The molecule has 1 fully saturated rings. The Morgan fingerprint density at radius 3 is 2.59 bits per heavy atom. The number of piperazine rings is 1. The van der Waals surface area contributed by atoms with Crippen molar-refractivity contribution in [3.05, 3.63) is 53.6 Å². The molecule has 0 aliphatic carbocycles. The van der Waals surface area contributed by atoms with Gasteiger partial charge in [-0.15, -0.1) is 0 Å². The van der Waals surface area contributed by atoms with Gasteiger partial charge in [0.05, 0.1) is 11.8 Å². The first-order valence-electron chi connectivity index (χ1n) is 7.37. The third-order valence-corrected chi connectivity index (χ3v) is 3.96. The molecule has 5 nitrogen and oxygen atoms in total. The van der Waals surface area contributed by atoms with E-state index in [1.54, 1.807) is 30.2 Å². The molecule has 1 aliphatic heterocycles. The van der Waals surface area contributed by atoms with Gasteiger partial charge in [0.1, 0.15) is 5.82 Å². The van der Waals surface area contributed by atoms with E-state index in [4.69, 9.17) is 0 Å². The average molecular weight is 302 g/mol. The van der Waals surface area contributed by atoms with Crippen LogP contribution in [0, 0.1) is 5.82 Å². The van der Waals surface area contributed by atoms with E-state index in [0.29, 0.717) is 30.8 Å². The Balaban J connectivity index is 1.56. The number of halogens is 1. The van der Waals surface area contributed by atoms with Gasteiger partial charge in [0.15, 0.2) is 0 Å². The van der Waals surface area contributed by atoms with Crippen LogP contribution in [0.5, 0.6) is 0 Å². The maximum atomic E-state index is 13.7. The molecule has 0 spiro atoms. The van der Waals surface area contributed by atoms with E-state index in [0.717, 1.165) is 13.1 Å². The monoisotopic (exact) mass is 302 g/mol. The molecule has 1 aromatic carbocycles. The van der Waals surface area contributed by atoms with Crippen LogP contribution in [-0.4, -0.2) is 51.7 Å². The van der Waals surface area contributed by atoms with Gasteiger partial charge >= 0.3 is 0 Å². The Kier molecular flexibility index (Phi) is 4.20. The highest BCUT2D eigenvalue weighted by molar-refractivity contribution is 5.93. The Morgan fingerprint density at radius 2 is 1.95 bits per heavy atom. The van der Waals surface area contributed by atoms with Crippen LogP contribution in [0.3, 0.4) is 0 Å². The fourth-order valence-corrected chi connectivity index (χ4v) is 2.69. The summed E-state index contributed by atoms with van der Waals surface area (Å²) in [4.78, 5) is 16.3. The van der Waals surface area contributed by atoms with Gasteiger partial charge in [-0.3, -0.25) is 14.4 Å². The van der Waals surface area contributed by atoms with E-state index in [9.17, 15) is 9.18 Å². The Morgan fingerprint density at radius 1 is 1.23 bits per heavy atom. The molecule has 0 unspecified atom stereocenters. The minimum atomic E-state index is -0.170. The number of carbonyl (C=O) groups excluding carboxylic acids is 1. The lowest BCUT2D eigenvalue weighted by Crippen LogP contribution is -2.48. The quantitative estimate of drug-likeness (QED) is 0.863. The summed E-state index contributed by atoms with van der Waals surface area (Å²) in [6.45, 7) is 3.40. The van der Waals surface area contributed by atoms with Crippen molar-refractivity contribution in [2.75, 3.05) is 26.2 Å². The van der Waals surface area contributed by atoms with Crippen LogP contribution >= 0.6 is 0 Å². The number of aryl methyl sites for hydroxylation is 1. The first-order valence-corrected chi connectivity index (χ1v) is 7.37. The number of nitrogens with zero attached hydrogens (tertiary/aromatic N) is 4. The molecule has 0 N–H and O–H groups in total. The summed E-state index contributed by atoms with van der Waals surface area (Å²) in [5.74, 6) is -0.157. The summed E-state index contributed by atoms with van der Waals surface area (Å²) < 4.78 is 15.3. The van der Waals surface area contributed by atoms with Gasteiger partial charge in [0.2, 0.25) is 0 Å². The lowest BCUT2D eigenvalue weighted by Gasteiger charge is -2.34. The van der Waals surface area contributed by atoms with Crippen molar-refractivity contribution in [3.63, 3.8) is 0 Å². The molecule has 1 aliphatic rings. The number of hydrogen-bond donors (Lipinski definition) is 0. The molecule has 116 valence electrons. The van der Waals surface area contributed by atoms with E-state index in [1.807, 2.05) is 17.0 Å². The van der Waals surface area contributed by atoms with Crippen LogP contribution in [-0.2, 0) is 13.6 Å². The molecule has 2 heterocycles. The molecular formula is C16H19FN4O. The molecule has 0 bridgehead atoms. The highest BCUT2D eigenvalue weighted by Crippen LogP contribution is 2.13. The zero-order valence-corrected chi connectivity index (χ0v) is 12.6. The van der Waals surface area contributed by atoms with Crippen molar-refractivity contribution in [3.8, 4) is 0 Å². The number of carbonyl (C=O) groups is 1. The zero-order chi connectivity index (χ0) is 15.5. The second-order valence-corrected chi connectivity index (χ2v) is 5.56. The molecule has 1 amide bonds. The second-order valence-electron chi connectivity index (χ2n) is 5.56. The van der Waals surface area contributed by atoms with Crippen molar-refractivity contribution in [2.24, 2.45) is 7.05 Å². The lowest BCUT2D eigenvalue weighted by molar-refractivity contribution is 0.0627. The van der Waals surface area contributed by atoms with Crippen LogP contribution in [0.4, 0.5) is 4.39 Å². The second kappa shape index (κ2) is 6.27. The number of rotatable bonds is 3. The van der Waals surface area contributed by atoms with Crippen molar-refractivity contribution in [1.82, 2.24) is 19.6 Å². The third kappa shape index (κ3) is 3.17. The average Bonchev–Trinajstić information content (AvgIpc) is 2.96. The first-order chi connectivity index (χ1) is 10.6. The van der Waals surface area contributed by atoms with Gasteiger partial charge in [-0.2, -0.15) is 5.10 Å². The van der Waals surface area contributed by atoms with Crippen molar-refractivity contribution in [1.29, 1.82) is 0 Å². The van der Waals surface area contributed by atoms with Gasteiger partial charge < -0.3 is 4.90 Å². The summed E-state index contributed by atoms with van der Waals surface area (Å²) in [6, 6.07) is 6.84. The number of amides is 1. The van der Waals surface area contributed by atoms with Crippen molar-refractivity contribution < 1.29 is 9.18 Å². The molecular weight excluding hydrogens is 283 g/mol. The number of benzene rings is 1. The van der Waals surface area contributed by atoms with Crippen LogP contribution in [0.1, 0.15) is 15.9 Å². The van der Waals surface area contributed by atoms with Gasteiger partial charge in [-0.25, -0.2) is 4.39 Å². The van der Waals surface area contributed by atoms with Gasteiger partial charge in [0.25, 0.3) is 5.91 Å². The maximum absolute atomic E-state index is 13.7. The predicted octanol–water partition coefficient (Wildman–Crippen LogP) is 1.52.